The minimum Gasteiger partial charge on any atom is -0.399 e. The molecule has 172 valence electrons. The standard InChI is InChI=1S/C24H30ClFN4O2/c1-14-8-16(13-17(27)9-14)23(2,3)30-21-18-10-15(11-19(18)28-22(25)29-21)12-20(31)24(26)4-6-32-7-5-24/h8-9,12-13,22,28H,4-7,10-11,27H2,1-3H3,(H,29,30). The molecule has 4 rings (SSSR count). The number of nitrogens with one attached hydrogen (secondary N) is 2. The molecule has 1 saturated heterocycles. The molecule has 8 heteroatoms. The number of alkyl halides is 2. The average molecular weight is 461 g/mol. The maximum atomic E-state index is 15.0. The summed E-state index contributed by atoms with van der Waals surface area (Å²) in [5, 5.41) is 6.70. The van der Waals surface area contributed by atoms with Gasteiger partial charge in [-0.05, 0) is 56.5 Å². The van der Waals surface area contributed by atoms with Crippen molar-refractivity contribution in [3.05, 3.63) is 52.2 Å². The molecule has 0 amide bonds. The Hall–Kier alpha value is -2.38. The quantitative estimate of drug-likeness (QED) is 0.273. The predicted molar refractivity (Wildman–Crippen MR) is 125 cm³/mol. The van der Waals surface area contributed by atoms with Gasteiger partial charge in [0.2, 0.25) is 0 Å². The van der Waals surface area contributed by atoms with Gasteiger partial charge in [-0.1, -0.05) is 23.2 Å². The Labute approximate surface area is 193 Å². The first kappa shape index (κ1) is 22.8. The van der Waals surface area contributed by atoms with E-state index in [9.17, 15) is 4.79 Å². The van der Waals surface area contributed by atoms with E-state index in [1.165, 1.54) is 6.08 Å². The second-order valence-electron chi connectivity index (χ2n) is 9.40. The number of nitrogens with zero attached hydrogens (tertiary/aromatic N) is 1. The molecule has 0 saturated carbocycles. The van der Waals surface area contributed by atoms with Crippen molar-refractivity contribution in [2.45, 2.75) is 63.3 Å². The van der Waals surface area contributed by atoms with Crippen LogP contribution in [0.15, 0.2) is 46.1 Å². The molecule has 1 aromatic carbocycles. The number of rotatable bonds is 4. The number of ketones is 1. The number of aliphatic imine (C=N–C) groups is 1. The summed E-state index contributed by atoms with van der Waals surface area (Å²) in [7, 11) is 0. The summed E-state index contributed by atoms with van der Waals surface area (Å²) in [5.41, 5.74) is 8.69. The Balaban J connectivity index is 1.54. The van der Waals surface area contributed by atoms with Gasteiger partial charge in [-0.15, -0.1) is 0 Å². The van der Waals surface area contributed by atoms with Crippen molar-refractivity contribution in [2.75, 3.05) is 18.9 Å². The number of carbonyl (C=O) groups excluding carboxylic acids is 1. The van der Waals surface area contributed by atoms with E-state index < -0.39 is 22.6 Å². The van der Waals surface area contributed by atoms with Gasteiger partial charge in [0.05, 0.1) is 18.8 Å². The summed E-state index contributed by atoms with van der Waals surface area (Å²) >= 11 is 6.35. The largest absolute Gasteiger partial charge is 0.399 e. The molecule has 1 fully saturated rings. The first-order valence-corrected chi connectivity index (χ1v) is 11.4. The lowest BCUT2D eigenvalue weighted by molar-refractivity contribution is -0.131. The summed E-state index contributed by atoms with van der Waals surface area (Å²) in [4.78, 5) is 17.2. The zero-order valence-corrected chi connectivity index (χ0v) is 19.5. The Bertz CT molecular complexity index is 1000. The van der Waals surface area contributed by atoms with Crippen molar-refractivity contribution in [3.63, 3.8) is 0 Å². The van der Waals surface area contributed by atoms with E-state index in [-0.39, 0.29) is 26.1 Å². The second-order valence-corrected chi connectivity index (χ2v) is 9.81. The fourth-order valence-electron chi connectivity index (χ4n) is 4.47. The number of ether oxygens (including phenoxy) is 1. The fraction of sp³-hybridized carbons (Fsp3) is 0.500. The van der Waals surface area contributed by atoms with E-state index in [0.717, 1.165) is 28.0 Å². The number of amidine groups is 1. The van der Waals surface area contributed by atoms with Crippen LogP contribution in [0.1, 0.15) is 50.7 Å². The lowest BCUT2D eigenvalue weighted by Gasteiger charge is -2.32. The van der Waals surface area contributed by atoms with E-state index in [1.54, 1.807) is 0 Å². The van der Waals surface area contributed by atoms with Gasteiger partial charge in [-0.2, -0.15) is 0 Å². The number of benzene rings is 1. The van der Waals surface area contributed by atoms with Gasteiger partial charge in [0, 0.05) is 36.2 Å². The number of carbonyl (C=O) groups is 1. The van der Waals surface area contributed by atoms with Gasteiger partial charge >= 0.3 is 0 Å². The molecule has 6 nitrogen and oxygen atoms in total. The van der Waals surface area contributed by atoms with Crippen molar-refractivity contribution in [3.8, 4) is 0 Å². The van der Waals surface area contributed by atoms with Crippen molar-refractivity contribution >= 4 is 28.9 Å². The minimum atomic E-state index is -1.83. The predicted octanol–water partition coefficient (Wildman–Crippen LogP) is 3.99. The fourth-order valence-corrected chi connectivity index (χ4v) is 4.70. The van der Waals surface area contributed by atoms with Crippen LogP contribution >= 0.6 is 11.6 Å². The summed E-state index contributed by atoms with van der Waals surface area (Å²) in [6.45, 7) is 6.67. The molecule has 1 atom stereocenters. The zero-order chi connectivity index (χ0) is 23.1. The third kappa shape index (κ3) is 4.69. The number of halogens is 2. The molecular formula is C24H30ClFN4O2. The van der Waals surface area contributed by atoms with Crippen LogP contribution in [-0.4, -0.2) is 36.1 Å². The first-order valence-electron chi connectivity index (χ1n) is 10.9. The third-order valence-corrected chi connectivity index (χ3v) is 6.51. The van der Waals surface area contributed by atoms with Gasteiger partial charge in [0.1, 0.15) is 5.84 Å². The van der Waals surface area contributed by atoms with Crippen LogP contribution < -0.4 is 16.4 Å². The van der Waals surface area contributed by atoms with E-state index >= 15 is 4.39 Å². The molecule has 0 bridgehead atoms. The SMILES string of the molecule is Cc1cc(N)cc(C(C)(C)NC2=NC(Cl)NC3=C2CC(=CC(=O)C2(F)CCOCC2)C3)c1. The van der Waals surface area contributed by atoms with Crippen molar-refractivity contribution in [2.24, 2.45) is 4.99 Å². The topological polar surface area (TPSA) is 88.7 Å². The number of allylic oxidation sites excluding steroid dienone is 2. The van der Waals surface area contributed by atoms with Gasteiger partial charge in [0.25, 0.3) is 0 Å². The van der Waals surface area contributed by atoms with Crippen LogP contribution in [0.25, 0.3) is 0 Å². The highest BCUT2D eigenvalue weighted by Gasteiger charge is 2.40. The number of nitrogens with two attached hydrogens (primary N) is 1. The second kappa shape index (κ2) is 8.52. The normalized spacial score (nSPS) is 24.1. The van der Waals surface area contributed by atoms with Gasteiger partial charge < -0.3 is 21.1 Å². The van der Waals surface area contributed by atoms with Crippen LogP contribution in [-0.2, 0) is 15.1 Å². The molecule has 1 aliphatic carbocycles. The molecule has 32 heavy (non-hydrogen) atoms. The monoisotopic (exact) mass is 460 g/mol. The van der Waals surface area contributed by atoms with Crippen molar-refractivity contribution < 1.29 is 13.9 Å². The van der Waals surface area contributed by atoms with E-state index in [4.69, 9.17) is 22.1 Å². The molecule has 2 heterocycles. The number of aryl methyl sites for hydroxylation is 1. The third-order valence-electron chi connectivity index (χ3n) is 6.31. The highest BCUT2D eigenvalue weighted by Crippen LogP contribution is 2.36. The van der Waals surface area contributed by atoms with Gasteiger partial charge in [0.15, 0.2) is 17.1 Å². The van der Waals surface area contributed by atoms with Crippen LogP contribution in [0.3, 0.4) is 0 Å². The lowest BCUT2D eigenvalue weighted by Crippen LogP contribution is -2.45. The molecule has 0 spiro atoms. The zero-order valence-electron chi connectivity index (χ0n) is 18.7. The van der Waals surface area contributed by atoms with Crippen molar-refractivity contribution in [1.82, 2.24) is 10.6 Å². The number of hydrogen-bond donors (Lipinski definition) is 3. The smallest absolute Gasteiger partial charge is 0.197 e. The highest BCUT2D eigenvalue weighted by atomic mass is 35.5. The van der Waals surface area contributed by atoms with Gasteiger partial charge in [-0.3, -0.25) is 4.79 Å². The van der Waals surface area contributed by atoms with E-state index in [2.05, 4.69) is 35.5 Å². The van der Waals surface area contributed by atoms with E-state index in [0.29, 0.717) is 24.4 Å². The van der Waals surface area contributed by atoms with Crippen LogP contribution in [0.4, 0.5) is 10.1 Å². The Morgan fingerprint density at radius 3 is 2.75 bits per heavy atom. The molecular weight excluding hydrogens is 431 g/mol. The van der Waals surface area contributed by atoms with E-state index in [1.807, 2.05) is 19.1 Å². The molecule has 0 aromatic heterocycles. The van der Waals surface area contributed by atoms with Crippen LogP contribution in [0.5, 0.6) is 0 Å². The summed E-state index contributed by atoms with van der Waals surface area (Å²) in [6.07, 6.45) is 2.72. The highest BCUT2D eigenvalue weighted by molar-refractivity contribution is 6.22. The summed E-state index contributed by atoms with van der Waals surface area (Å²) in [5.74, 6) is 0.209. The lowest BCUT2D eigenvalue weighted by atomic mass is 9.90. The molecule has 2 aliphatic heterocycles. The van der Waals surface area contributed by atoms with Crippen molar-refractivity contribution in [1.29, 1.82) is 0 Å². The van der Waals surface area contributed by atoms with Gasteiger partial charge in [-0.25, -0.2) is 9.38 Å². The maximum Gasteiger partial charge on any atom is 0.197 e. The maximum absolute atomic E-state index is 15.0. The number of anilines is 1. The average Bonchev–Trinajstić information content (AvgIpc) is 3.10. The molecule has 1 unspecified atom stereocenters. The molecule has 0 radical (unpaired) electrons. The minimum absolute atomic E-state index is 0.104. The van der Waals surface area contributed by atoms with Crippen LogP contribution in [0.2, 0.25) is 0 Å². The number of hydrogen-bond acceptors (Lipinski definition) is 6. The molecule has 1 aromatic rings. The summed E-state index contributed by atoms with van der Waals surface area (Å²) < 4.78 is 20.2. The Morgan fingerprint density at radius 1 is 1.34 bits per heavy atom. The Morgan fingerprint density at radius 2 is 2.06 bits per heavy atom. The Kier molecular flexibility index (Phi) is 6.07. The molecule has 3 aliphatic rings. The molecule has 4 N–H and O–H groups in total. The summed E-state index contributed by atoms with van der Waals surface area (Å²) in [6, 6.07) is 5.96. The van der Waals surface area contributed by atoms with Crippen LogP contribution in [0, 0.1) is 6.92 Å². The number of nitrogen functional groups attached to an aromatic ring is 1. The first-order chi connectivity index (χ1) is 15.1.